The van der Waals surface area contributed by atoms with Crippen LogP contribution in [0.25, 0.3) is 15.6 Å². The molecule has 1 heterocycles. The number of aliphatic hydroxyl groups is 1. The van der Waals surface area contributed by atoms with Crippen LogP contribution in [0.1, 0.15) is 31.5 Å². The third-order valence-corrected chi connectivity index (χ3v) is 4.91. The minimum Gasteiger partial charge on any atom is -0.495 e. The lowest BCUT2D eigenvalue weighted by molar-refractivity contribution is 0.0712. The SMILES string of the molecule is [C-]#[N+]c1ccc2c(CCC(C)(C)O)nnc(NCc3ccc(OC)c(Cl)c3)c2c1. The molecule has 0 fully saturated rings. The molecule has 0 radical (unpaired) electrons. The highest BCUT2D eigenvalue weighted by Gasteiger charge is 2.16. The molecule has 2 N–H and O–H groups in total. The molecule has 0 aliphatic heterocycles. The Balaban J connectivity index is 1.91. The first-order valence-corrected chi connectivity index (χ1v) is 9.64. The number of hydrogen-bond acceptors (Lipinski definition) is 5. The van der Waals surface area contributed by atoms with Crippen molar-refractivity contribution in [3.8, 4) is 5.75 Å². The Morgan fingerprint density at radius 1 is 1.17 bits per heavy atom. The summed E-state index contributed by atoms with van der Waals surface area (Å²) in [5.41, 5.74) is 1.53. The highest BCUT2D eigenvalue weighted by Crippen LogP contribution is 2.30. The van der Waals surface area contributed by atoms with Crippen molar-refractivity contribution >= 4 is 33.9 Å². The van der Waals surface area contributed by atoms with Crippen LogP contribution in [0.2, 0.25) is 5.02 Å². The first kappa shape index (κ1) is 20.8. The van der Waals surface area contributed by atoms with E-state index in [0.717, 1.165) is 22.0 Å². The highest BCUT2D eigenvalue weighted by molar-refractivity contribution is 6.32. The molecule has 2 aromatic carbocycles. The molecule has 0 aliphatic carbocycles. The van der Waals surface area contributed by atoms with E-state index in [2.05, 4.69) is 20.4 Å². The second-order valence-electron chi connectivity index (χ2n) is 7.47. The zero-order valence-corrected chi connectivity index (χ0v) is 17.4. The number of aromatic nitrogens is 2. The van der Waals surface area contributed by atoms with Gasteiger partial charge in [0.15, 0.2) is 11.5 Å². The van der Waals surface area contributed by atoms with Gasteiger partial charge in [0.2, 0.25) is 0 Å². The number of ether oxygens (including phenoxy) is 1. The molecule has 0 aliphatic rings. The molecule has 0 unspecified atom stereocenters. The Bertz CT molecular complexity index is 1070. The average molecular weight is 411 g/mol. The second-order valence-corrected chi connectivity index (χ2v) is 7.88. The van der Waals surface area contributed by atoms with E-state index in [4.69, 9.17) is 22.9 Å². The summed E-state index contributed by atoms with van der Waals surface area (Å²) < 4.78 is 5.19. The van der Waals surface area contributed by atoms with Crippen LogP contribution in [0.4, 0.5) is 11.5 Å². The Morgan fingerprint density at radius 3 is 2.62 bits per heavy atom. The van der Waals surface area contributed by atoms with Gasteiger partial charge >= 0.3 is 0 Å². The summed E-state index contributed by atoms with van der Waals surface area (Å²) in [4.78, 5) is 3.53. The summed E-state index contributed by atoms with van der Waals surface area (Å²) in [5, 5.41) is 24.4. The largest absolute Gasteiger partial charge is 0.495 e. The number of anilines is 1. The maximum atomic E-state index is 10.0. The maximum absolute atomic E-state index is 10.0. The van der Waals surface area contributed by atoms with E-state index < -0.39 is 5.60 Å². The minimum atomic E-state index is -0.783. The summed E-state index contributed by atoms with van der Waals surface area (Å²) >= 11 is 6.20. The van der Waals surface area contributed by atoms with Crippen LogP contribution in [0.15, 0.2) is 36.4 Å². The lowest BCUT2D eigenvalue weighted by atomic mass is 9.99. The molecule has 0 saturated carbocycles. The third-order valence-electron chi connectivity index (χ3n) is 4.62. The van der Waals surface area contributed by atoms with Crippen LogP contribution in [0, 0.1) is 6.57 Å². The van der Waals surface area contributed by atoms with Crippen LogP contribution in [0.3, 0.4) is 0 Å². The van der Waals surface area contributed by atoms with E-state index in [1.54, 1.807) is 27.0 Å². The molecule has 29 heavy (non-hydrogen) atoms. The van der Waals surface area contributed by atoms with Crippen molar-refractivity contribution < 1.29 is 9.84 Å². The summed E-state index contributed by atoms with van der Waals surface area (Å²) in [6.45, 7) is 11.4. The first-order valence-electron chi connectivity index (χ1n) is 9.26. The van der Waals surface area contributed by atoms with Gasteiger partial charge in [-0.05, 0) is 50.5 Å². The summed E-state index contributed by atoms with van der Waals surface area (Å²) in [6, 6.07) is 11.1. The Labute approximate surface area is 175 Å². The Hall–Kier alpha value is -2.88. The molecule has 6 nitrogen and oxygen atoms in total. The number of methoxy groups -OCH3 is 1. The predicted octanol–water partition coefficient (Wildman–Crippen LogP) is 5.16. The second kappa shape index (κ2) is 8.64. The molecular weight excluding hydrogens is 388 g/mol. The fourth-order valence-electron chi connectivity index (χ4n) is 3.01. The van der Waals surface area contributed by atoms with Crippen LogP contribution < -0.4 is 10.1 Å². The predicted molar refractivity (Wildman–Crippen MR) is 116 cm³/mol. The molecule has 150 valence electrons. The van der Waals surface area contributed by atoms with Crippen molar-refractivity contribution in [1.82, 2.24) is 10.2 Å². The number of nitrogens with zero attached hydrogens (tertiary/aromatic N) is 3. The normalized spacial score (nSPS) is 11.3. The lowest BCUT2D eigenvalue weighted by Crippen LogP contribution is -2.19. The summed E-state index contributed by atoms with van der Waals surface area (Å²) in [5.74, 6) is 1.22. The smallest absolute Gasteiger partial charge is 0.188 e. The summed E-state index contributed by atoms with van der Waals surface area (Å²) in [6.07, 6.45) is 1.16. The van der Waals surface area contributed by atoms with Gasteiger partial charge in [0.05, 0.1) is 30.0 Å². The van der Waals surface area contributed by atoms with Gasteiger partial charge in [-0.15, -0.1) is 5.10 Å². The molecule has 0 bridgehead atoms. The quantitative estimate of drug-likeness (QED) is 0.526. The standard InChI is InChI=1S/C22H23ClN4O2/c1-22(2,28)10-9-19-16-7-6-15(24-3)12-17(16)21(27-26-19)25-13-14-5-8-20(29-4)18(23)11-14/h5-8,11-12,28H,9-10,13H2,1-2,4H3,(H,25,27). The molecule has 0 amide bonds. The number of nitrogens with one attached hydrogen (secondary N) is 1. The van der Waals surface area contributed by atoms with Crippen molar-refractivity contribution in [3.05, 3.63) is 64.1 Å². The van der Waals surface area contributed by atoms with Crippen LogP contribution in [-0.2, 0) is 13.0 Å². The monoisotopic (exact) mass is 410 g/mol. The van der Waals surface area contributed by atoms with E-state index in [0.29, 0.717) is 41.7 Å². The molecule has 7 heteroatoms. The summed E-state index contributed by atoms with van der Waals surface area (Å²) in [7, 11) is 1.58. The fourth-order valence-corrected chi connectivity index (χ4v) is 3.29. The van der Waals surface area contributed by atoms with Gasteiger partial charge in [-0.2, -0.15) is 5.10 Å². The van der Waals surface area contributed by atoms with E-state index in [1.807, 2.05) is 30.3 Å². The number of rotatable bonds is 7. The number of fused-ring (bicyclic) bond motifs is 1. The van der Waals surface area contributed by atoms with Crippen molar-refractivity contribution in [1.29, 1.82) is 0 Å². The van der Waals surface area contributed by atoms with Gasteiger partial charge in [-0.3, -0.25) is 0 Å². The first-order chi connectivity index (χ1) is 13.8. The zero-order valence-electron chi connectivity index (χ0n) is 16.7. The molecule has 3 aromatic rings. The van der Waals surface area contributed by atoms with Crippen LogP contribution in [0.5, 0.6) is 5.75 Å². The van der Waals surface area contributed by atoms with Gasteiger partial charge < -0.3 is 15.2 Å². The molecule has 3 rings (SSSR count). The van der Waals surface area contributed by atoms with Gasteiger partial charge in [-0.25, -0.2) is 4.85 Å². The van der Waals surface area contributed by atoms with Gasteiger partial charge in [0.25, 0.3) is 0 Å². The van der Waals surface area contributed by atoms with E-state index in [1.165, 1.54) is 0 Å². The number of hydrogen-bond donors (Lipinski definition) is 2. The maximum Gasteiger partial charge on any atom is 0.188 e. The molecule has 0 saturated heterocycles. The van der Waals surface area contributed by atoms with Crippen molar-refractivity contribution in [3.63, 3.8) is 0 Å². The highest BCUT2D eigenvalue weighted by atomic mass is 35.5. The topological polar surface area (TPSA) is 71.6 Å². The Kier molecular flexibility index (Phi) is 6.21. The van der Waals surface area contributed by atoms with Crippen molar-refractivity contribution in [2.45, 2.75) is 38.8 Å². The fraction of sp³-hybridized carbons (Fsp3) is 0.318. The Morgan fingerprint density at radius 2 is 1.97 bits per heavy atom. The number of aryl methyl sites for hydroxylation is 1. The van der Waals surface area contributed by atoms with Crippen LogP contribution in [-0.4, -0.2) is 28.0 Å². The van der Waals surface area contributed by atoms with Crippen molar-refractivity contribution in [2.24, 2.45) is 0 Å². The van der Waals surface area contributed by atoms with Gasteiger partial charge in [0, 0.05) is 17.3 Å². The van der Waals surface area contributed by atoms with Gasteiger partial charge in [-0.1, -0.05) is 29.8 Å². The minimum absolute atomic E-state index is 0.499. The molecule has 0 spiro atoms. The van der Waals surface area contributed by atoms with E-state index >= 15 is 0 Å². The van der Waals surface area contributed by atoms with E-state index in [9.17, 15) is 5.11 Å². The zero-order chi connectivity index (χ0) is 21.0. The van der Waals surface area contributed by atoms with Crippen LogP contribution >= 0.6 is 11.6 Å². The van der Waals surface area contributed by atoms with E-state index in [-0.39, 0.29) is 0 Å². The lowest BCUT2D eigenvalue weighted by Gasteiger charge is -2.17. The molecule has 0 atom stereocenters. The van der Waals surface area contributed by atoms with Crippen molar-refractivity contribution in [2.75, 3.05) is 12.4 Å². The number of benzene rings is 2. The molecule has 1 aromatic heterocycles. The third kappa shape index (κ3) is 5.14. The number of halogens is 1. The average Bonchev–Trinajstić information content (AvgIpc) is 2.70. The van der Waals surface area contributed by atoms with Gasteiger partial charge in [0.1, 0.15) is 5.75 Å². The molecular formula is C22H23ClN4O2.